The monoisotopic (exact) mass is 178 g/mol. The van der Waals surface area contributed by atoms with Gasteiger partial charge >= 0.3 is 5.97 Å². The fraction of sp³-hybridized carbons (Fsp3) is 0.625. The summed E-state index contributed by atoms with van der Waals surface area (Å²) in [5, 5.41) is 0. The predicted molar refractivity (Wildman–Crippen MR) is 47.9 cm³/mol. The molecule has 2 nitrogen and oxygen atoms in total. The van der Waals surface area contributed by atoms with Crippen LogP contribution in [-0.4, -0.2) is 12.6 Å². The van der Waals surface area contributed by atoms with Crippen LogP contribution in [-0.2, 0) is 9.53 Å². The lowest BCUT2D eigenvalue weighted by molar-refractivity contribution is -0.142. The van der Waals surface area contributed by atoms with E-state index in [9.17, 15) is 4.79 Å². The molecule has 0 aromatic heterocycles. The smallest absolute Gasteiger partial charge is 0.306 e. The van der Waals surface area contributed by atoms with Crippen molar-refractivity contribution < 1.29 is 9.53 Å². The molecule has 0 unspecified atom stereocenters. The van der Waals surface area contributed by atoms with Gasteiger partial charge in [0.15, 0.2) is 0 Å². The Labute approximate surface area is 74.0 Å². The van der Waals surface area contributed by atoms with Gasteiger partial charge < -0.3 is 4.74 Å². The lowest BCUT2D eigenvalue weighted by atomic mass is 10.3. The fourth-order valence-corrected chi connectivity index (χ4v) is 0.601. The first-order valence-corrected chi connectivity index (χ1v) is 3.58. The number of carbonyl (C=O) groups is 1. The van der Waals surface area contributed by atoms with Crippen LogP contribution in [0.1, 0.15) is 26.7 Å². The van der Waals surface area contributed by atoms with Crippen LogP contribution in [0.2, 0.25) is 0 Å². The molecule has 0 bridgehead atoms. The van der Waals surface area contributed by atoms with E-state index in [0.29, 0.717) is 13.0 Å². The third-order valence-corrected chi connectivity index (χ3v) is 1.06. The molecule has 0 aromatic carbocycles. The molecule has 0 spiro atoms. The lowest BCUT2D eigenvalue weighted by Gasteiger charge is -1.97. The highest BCUT2D eigenvalue weighted by molar-refractivity contribution is 5.85. The molecular formula is C8H15ClO2. The minimum atomic E-state index is -0.111. The van der Waals surface area contributed by atoms with E-state index in [-0.39, 0.29) is 18.4 Å². The van der Waals surface area contributed by atoms with Crippen LogP contribution in [0.25, 0.3) is 0 Å². The first kappa shape index (κ1) is 13.1. The molecule has 0 amide bonds. The molecule has 0 radical (unpaired) electrons. The molecule has 0 saturated heterocycles. The molecule has 3 heteroatoms. The van der Waals surface area contributed by atoms with Crippen molar-refractivity contribution >= 4 is 18.4 Å². The molecular weight excluding hydrogens is 164 g/mol. The van der Waals surface area contributed by atoms with Crippen LogP contribution in [0.3, 0.4) is 0 Å². The summed E-state index contributed by atoms with van der Waals surface area (Å²) in [7, 11) is 0. The highest BCUT2D eigenvalue weighted by Crippen LogP contribution is 1.93. The van der Waals surface area contributed by atoms with Crippen molar-refractivity contribution in [2.24, 2.45) is 0 Å². The van der Waals surface area contributed by atoms with E-state index in [2.05, 4.69) is 0 Å². The first-order chi connectivity index (χ1) is 4.81. The third-order valence-electron chi connectivity index (χ3n) is 1.06. The number of rotatable bonds is 4. The molecule has 0 N–H and O–H groups in total. The largest absolute Gasteiger partial charge is 0.466 e. The van der Waals surface area contributed by atoms with Gasteiger partial charge in [0.2, 0.25) is 0 Å². The molecule has 0 heterocycles. The number of hydrogen-bond donors (Lipinski definition) is 0. The number of allylic oxidation sites excluding steroid dienone is 2. The van der Waals surface area contributed by atoms with Gasteiger partial charge in [0.1, 0.15) is 0 Å². The summed E-state index contributed by atoms with van der Waals surface area (Å²) >= 11 is 0. The zero-order chi connectivity index (χ0) is 7.82. The van der Waals surface area contributed by atoms with Crippen molar-refractivity contribution in [1.82, 2.24) is 0 Å². The van der Waals surface area contributed by atoms with Crippen LogP contribution in [0.4, 0.5) is 0 Å². The normalized spacial score (nSPS) is 9.27. The van der Waals surface area contributed by atoms with E-state index in [1.165, 1.54) is 0 Å². The summed E-state index contributed by atoms with van der Waals surface area (Å²) in [6.07, 6.45) is 5.17. The Hall–Kier alpha value is -0.500. The molecule has 0 fully saturated rings. The van der Waals surface area contributed by atoms with Gasteiger partial charge in [-0.25, -0.2) is 0 Å². The molecule has 0 atom stereocenters. The van der Waals surface area contributed by atoms with E-state index in [4.69, 9.17) is 4.74 Å². The minimum absolute atomic E-state index is 0. The molecule has 0 aliphatic carbocycles. The number of hydrogen-bond acceptors (Lipinski definition) is 2. The van der Waals surface area contributed by atoms with E-state index in [1.807, 2.05) is 26.0 Å². The van der Waals surface area contributed by atoms with Crippen LogP contribution < -0.4 is 0 Å². The molecule has 0 rings (SSSR count). The van der Waals surface area contributed by atoms with Crippen LogP contribution in [0.5, 0.6) is 0 Å². The molecule has 0 saturated carbocycles. The molecule has 11 heavy (non-hydrogen) atoms. The number of ether oxygens (including phenoxy) is 1. The van der Waals surface area contributed by atoms with Gasteiger partial charge in [0.25, 0.3) is 0 Å². The van der Waals surface area contributed by atoms with Crippen LogP contribution in [0.15, 0.2) is 12.2 Å². The maximum absolute atomic E-state index is 10.7. The second-order valence-corrected chi connectivity index (χ2v) is 1.91. The maximum atomic E-state index is 10.7. The van der Waals surface area contributed by atoms with Crippen molar-refractivity contribution in [3.8, 4) is 0 Å². The number of esters is 1. The number of halogens is 1. The summed E-state index contributed by atoms with van der Waals surface area (Å²) in [5.74, 6) is -0.111. The average Bonchev–Trinajstić information content (AvgIpc) is 1.89. The van der Waals surface area contributed by atoms with Crippen molar-refractivity contribution in [3.63, 3.8) is 0 Å². The average molecular weight is 179 g/mol. The van der Waals surface area contributed by atoms with Crippen molar-refractivity contribution in [3.05, 3.63) is 12.2 Å². The van der Waals surface area contributed by atoms with Crippen LogP contribution in [0, 0.1) is 0 Å². The Kier molecular flexibility index (Phi) is 11.3. The van der Waals surface area contributed by atoms with E-state index < -0.39 is 0 Å². The first-order valence-electron chi connectivity index (χ1n) is 3.58. The summed E-state index contributed by atoms with van der Waals surface area (Å²) in [5.41, 5.74) is 0. The Bertz CT molecular complexity index is 121. The molecule has 0 aliphatic rings. The molecule has 66 valence electrons. The van der Waals surface area contributed by atoms with Crippen molar-refractivity contribution in [2.75, 3.05) is 6.61 Å². The Morgan fingerprint density at radius 3 is 2.64 bits per heavy atom. The van der Waals surface area contributed by atoms with Gasteiger partial charge in [-0.15, -0.1) is 12.4 Å². The van der Waals surface area contributed by atoms with Gasteiger partial charge in [0, 0.05) is 6.42 Å². The Morgan fingerprint density at radius 1 is 1.55 bits per heavy atom. The van der Waals surface area contributed by atoms with Gasteiger partial charge in [-0.05, 0) is 20.3 Å². The van der Waals surface area contributed by atoms with Gasteiger partial charge in [-0.2, -0.15) is 0 Å². The third kappa shape index (κ3) is 9.50. The van der Waals surface area contributed by atoms with Crippen molar-refractivity contribution in [2.45, 2.75) is 26.7 Å². The highest BCUT2D eigenvalue weighted by Gasteiger charge is 1.96. The van der Waals surface area contributed by atoms with Crippen molar-refractivity contribution in [1.29, 1.82) is 0 Å². The quantitative estimate of drug-likeness (QED) is 0.488. The van der Waals surface area contributed by atoms with Gasteiger partial charge in [-0.1, -0.05) is 12.2 Å². The second kappa shape index (κ2) is 9.50. The Balaban J connectivity index is 0. The highest BCUT2D eigenvalue weighted by atomic mass is 35.5. The zero-order valence-corrected chi connectivity index (χ0v) is 7.82. The number of carbonyl (C=O) groups excluding carboxylic acids is 1. The standard InChI is InChI=1S/C8H14O2.ClH/c1-3-5-6-7-8(9)10-4-2;/h3,5H,4,6-7H2,1-2H3;1H. The molecule has 0 aliphatic heterocycles. The summed E-state index contributed by atoms with van der Waals surface area (Å²) in [6.45, 7) is 4.23. The van der Waals surface area contributed by atoms with E-state index in [0.717, 1.165) is 6.42 Å². The van der Waals surface area contributed by atoms with Gasteiger partial charge in [0.05, 0.1) is 6.61 Å². The van der Waals surface area contributed by atoms with E-state index in [1.54, 1.807) is 0 Å². The van der Waals surface area contributed by atoms with Crippen LogP contribution >= 0.6 is 12.4 Å². The summed E-state index contributed by atoms with van der Waals surface area (Å²) < 4.78 is 4.72. The SMILES string of the molecule is CC=CCCC(=O)OCC.Cl. The van der Waals surface area contributed by atoms with E-state index >= 15 is 0 Å². The topological polar surface area (TPSA) is 26.3 Å². The summed E-state index contributed by atoms with van der Waals surface area (Å²) in [6, 6.07) is 0. The second-order valence-electron chi connectivity index (χ2n) is 1.91. The predicted octanol–water partition coefficient (Wildman–Crippen LogP) is 2.33. The van der Waals surface area contributed by atoms with Gasteiger partial charge in [-0.3, -0.25) is 4.79 Å². The summed E-state index contributed by atoms with van der Waals surface area (Å²) in [4.78, 5) is 10.7. The zero-order valence-electron chi connectivity index (χ0n) is 7.00. The minimum Gasteiger partial charge on any atom is -0.466 e. The maximum Gasteiger partial charge on any atom is 0.306 e. The fourth-order valence-electron chi connectivity index (χ4n) is 0.601. The molecule has 0 aromatic rings. The Morgan fingerprint density at radius 2 is 2.18 bits per heavy atom. The lowest BCUT2D eigenvalue weighted by Crippen LogP contribution is -2.02.